The largest absolute Gasteiger partial charge is 0.491 e. The van der Waals surface area contributed by atoms with Crippen LogP contribution in [0.5, 0.6) is 11.5 Å². The van der Waals surface area contributed by atoms with Crippen molar-refractivity contribution >= 4 is 0 Å². The van der Waals surface area contributed by atoms with Gasteiger partial charge >= 0.3 is 0 Å². The molecule has 0 unspecified atom stereocenters. The summed E-state index contributed by atoms with van der Waals surface area (Å²) in [7, 11) is 1.68. The van der Waals surface area contributed by atoms with E-state index in [2.05, 4.69) is 132 Å². The topological polar surface area (TPSA) is 36.9 Å². The minimum absolute atomic E-state index is 0.173. The number of hydrogen-bond donors (Lipinski definition) is 0. The van der Waals surface area contributed by atoms with Gasteiger partial charge in [0.1, 0.15) is 24.7 Å². The summed E-state index contributed by atoms with van der Waals surface area (Å²) in [5.74, 6) is 1.67. The van der Waals surface area contributed by atoms with Crippen molar-refractivity contribution in [2.45, 2.75) is 52.1 Å². The van der Waals surface area contributed by atoms with E-state index in [1.165, 1.54) is 39.8 Å². The predicted octanol–water partition coefficient (Wildman–Crippen LogP) is 8.69. The zero-order valence-corrected chi connectivity index (χ0v) is 25.4. The molecule has 0 saturated heterocycles. The zero-order chi connectivity index (χ0) is 29.3. The molecule has 4 nitrogen and oxygen atoms in total. The molecular weight excluding hydrogens is 508 g/mol. The van der Waals surface area contributed by atoms with Crippen molar-refractivity contribution in [2.75, 3.05) is 33.5 Å². The van der Waals surface area contributed by atoms with Crippen molar-refractivity contribution in [3.63, 3.8) is 0 Å². The molecule has 4 aromatic rings. The van der Waals surface area contributed by atoms with E-state index in [9.17, 15) is 0 Å². The Morgan fingerprint density at radius 1 is 0.561 bits per heavy atom. The number of fused-ring (bicyclic) bond motifs is 3. The van der Waals surface area contributed by atoms with E-state index in [0.717, 1.165) is 11.5 Å². The molecule has 0 saturated carbocycles. The summed E-state index contributed by atoms with van der Waals surface area (Å²) in [5, 5.41) is 0. The molecule has 41 heavy (non-hydrogen) atoms. The SMILES string of the molecule is CCC.COCCOc1ccc(C2(c3ccc(OCCOC(C)(C)C)cc3)c3ccccc3-c3ccccc32)cc1. The Hall–Kier alpha value is -3.60. The van der Waals surface area contributed by atoms with Crippen LogP contribution >= 0.6 is 0 Å². The Labute approximate surface area is 246 Å². The van der Waals surface area contributed by atoms with Crippen LogP contribution in [-0.2, 0) is 14.9 Å². The Kier molecular flexibility index (Phi) is 10.3. The summed E-state index contributed by atoms with van der Waals surface area (Å²) < 4.78 is 22.8. The van der Waals surface area contributed by atoms with Gasteiger partial charge in [0.05, 0.1) is 24.2 Å². The maximum Gasteiger partial charge on any atom is 0.119 e. The summed E-state index contributed by atoms with van der Waals surface area (Å²) in [6, 6.07) is 34.5. The maximum absolute atomic E-state index is 6.01. The smallest absolute Gasteiger partial charge is 0.119 e. The zero-order valence-electron chi connectivity index (χ0n) is 25.4. The second-order valence-corrected chi connectivity index (χ2v) is 11.2. The van der Waals surface area contributed by atoms with Gasteiger partial charge in [-0.1, -0.05) is 93.1 Å². The van der Waals surface area contributed by atoms with Crippen molar-refractivity contribution in [1.29, 1.82) is 0 Å². The van der Waals surface area contributed by atoms with E-state index in [1.807, 2.05) is 0 Å². The van der Waals surface area contributed by atoms with Crippen molar-refractivity contribution in [3.05, 3.63) is 119 Å². The monoisotopic (exact) mass is 552 g/mol. The first kappa shape index (κ1) is 30.4. The number of benzene rings is 4. The Balaban J connectivity index is 0.00000124. The van der Waals surface area contributed by atoms with E-state index in [-0.39, 0.29) is 5.60 Å². The van der Waals surface area contributed by atoms with Crippen LogP contribution in [0, 0.1) is 0 Å². The van der Waals surface area contributed by atoms with Gasteiger partial charge in [-0.15, -0.1) is 0 Å². The average molecular weight is 553 g/mol. The van der Waals surface area contributed by atoms with Gasteiger partial charge in [-0.3, -0.25) is 0 Å². The molecule has 0 aromatic heterocycles. The molecule has 4 heteroatoms. The first-order valence-electron chi connectivity index (χ1n) is 14.6. The van der Waals surface area contributed by atoms with E-state index in [0.29, 0.717) is 26.4 Å². The minimum Gasteiger partial charge on any atom is -0.491 e. The van der Waals surface area contributed by atoms with E-state index >= 15 is 0 Å². The molecule has 4 aromatic carbocycles. The van der Waals surface area contributed by atoms with Gasteiger partial charge in [-0.05, 0) is 78.4 Å². The van der Waals surface area contributed by atoms with Gasteiger partial charge in [0.15, 0.2) is 0 Å². The molecule has 0 heterocycles. The van der Waals surface area contributed by atoms with Crippen molar-refractivity contribution in [3.8, 4) is 22.6 Å². The fourth-order valence-corrected chi connectivity index (χ4v) is 5.38. The number of hydrogen-bond acceptors (Lipinski definition) is 4. The normalized spacial score (nSPS) is 13.0. The molecule has 0 radical (unpaired) electrons. The maximum atomic E-state index is 6.01. The van der Waals surface area contributed by atoms with Crippen LogP contribution in [-0.4, -0.2) is 39.1 Å². The van der Waals surface area contributed by atoms with Crippen LogP contribution in [0.25, 0.3) is 11.1 Å². The summed E-state index contributed by atoms with van der Waals surface area (Å²) >= 11 is 0. The molecule has 0 N–H and O–H groups in total. The van der Waals surface area contributed by atoms with Crippen LogP contribution in [0.1, 0.15) is 63.3 Å². The van der Waals surface area contributed by atoms with Crippen LogP contribution in [0.3, 0.4) is 0 Å². The highest BCUT2D eigenvalue weighted by atomic mass is 16.5. The Bertz CT molecular complexity index is 1320. The summed E-state index contributed by atoms with van der Waals surface area (Å²) in [4.78, 5) is 0. The lowest BCUT2D eigenvalue weighted by Crippen LogP contribution is -2.28. The number of ether oxygens (including phenoxy) is 4. The number of rotatable bonds is 10. The molecule has 0 amide bonds. The van der Waals surface area contributed by atoms with Crippen molar-refractivity contribution < 1.29 is 18.9 Å². The predicted molar refractivity (Wildman–Crippen MR) is 168 cm³/mol. The quantitative estimate of drug-likeness (QED) is 0.162. The molecular formula is C37H44O4. The highest BCUT2D eigenvalue weighted by Crippen LogP contribution is 2.56. The van der Waals surface area contributed by atoms with E-state index < -0.39 is 5.41 Å². The molecule has 1 aliphatic rings. The second-order valence-electron chi connectivity index (χ2n) is 11.2. The van der Waals surface area contributed by atoms with Crippen LogP contribution < -0.4 is 9.47 Å². The standard InChI is InChI=1S/C34H36O4.C3H8/c1-33(2,3)38-24-23-37-28-19-15-26(16-20-28)34(25-13-17-27(18-14-25)36-22-21-35-4)31-11-7-5-9-29(31)30-10-6-8-12-32(30)34;1-3-2/h5-20H,21-24H2,1-4H3;3H2,1-2H3. The van der Waals surface area contributed by atoms with Crippen LogP contribution in [0.15, 0.2) is 97.1 Å². The Morgan fingerprint density at radius 2 is 0.976 bits per heavy atom. The molecule has 216 valence electrons. The van der Waals surface area contributed by atoms with Gasteiger partial charge in [0, 0.05) is 7.11 Å². The van der Waals surface area contributed by atoms with Crippen molar-refractivity contribution in [1.82, 2.24) is 0 Å². The van der Waals surface area contributed by atoms with Gasteiger partial charge < -0.3 is 18.9 Å². The Morgan fingerprint density at radius 3 is 1.39 bits per heavy atom. The summed E-state index contributed by atoms with van der Waals surface area (Å²) in [6.45, 7) is 12.6. The second kappa shape index (κ2) is 13.8. The fourth-order valence-electron chi connectivity index (χ4n) is 5.38. The average Bonchev–Trinajstić information content (AvgIpc) is 3.27. The molecule has 0 spiro atoms. The third-order valence-corrected chi connectivity index (χ3v) is 6.97. The minimum atomic E-state index is -0.452. The summed E-state index contributed by atoms with van der Waals surface area (Å²) in [6.07, 6.45) is 1.25. The van der Waals surface area contributed by atoms with E-state index in [4.69, 9.17) is 18.9 Å². The molecule has 0 bridgehead atoms. The first-order valence-corrected chi connectivity index (χ1v) is 14.6. The molecule has 0 fully saturated rings. The molecule has 0 atom stereocenters. The summed E-state index contributed by atoms with van der Waals surface area (Å²) in [5.41, 5.74) is 6.86. The van der Waals surface area contributed by atoms with Crippen LogP contribution in [0.4, 0.5) is 0 Å². The van der Waals surface area contributed by atoms with Gasteiger partial charge in [0.25, 0.3) is 0 Å². The van der Waals surface area contributed by atoms with Crippen LogP contribution in [0.2, 0.25) is 0 Å². The lowest BCUT2D eigenvalue weighted by atomic mass is 9.68. The lowest BCUT2D eigenvalue weighted by molar-refractivity contribution is -0.0163. The van der Waals surface area contributed by atoms with Crippen molar-refractivity contribution in [2.24, 2.45) is 0 Å². The molecule has 5 rings (SSSR count). The fraction of sp³-hybridized carbons (Fsp3) is 0.351. The van der Waals surface area contributed by atoms with E-state index in [1.54, 1.807) is 7.11 Å². The number of methoxy groups -OCH3 is 1. The van der Waals surface area contributed by atoms with Gasteiger partial charge in [-0.2, -0.15) is 0 Å². The highest BCUT2D eigenvalue weighted by molar-refractivity contribution is 5.86. The van der Waals surface area contributed by atoms with Gasteiger partial charge in [0.2, 0.25) is 0 Å². The molecule has 1 aliphatic carbocycles. The third kappa shape index (κ3) is 6.83. The lowest BCUT2D eigenvalue weighted by Gasteiger charge is -2.34. The third-order valence-electron chi connectivity index (χ3n) is 6.97. The first-order chi connectivity index (χ1) is 19.8. The highest BCUT2D eigenvalue weighted by Gasteiger charge is 2.45. The molecule has 0 aliphatic heterocycles. The van der Waals surface area contributed by atoms with Gasteiger partial charge in [-0.25, -0.2) is 0 Å².